The minimum atomic E-state index is 0.438. The maximum Gasteiger partial charge on any atom is 0.319 e. The Hall–Kier alpha value is -3.12. The Morgan fingerprint density at radius 1 is 1.10 bits per heavy atom. The number of aromatic nitrogens is 2. The van der Waals surface area contributed by atoms with Crippen molar-refractivity contribution in [1.29, 1.82) is 0 Å². The fourth-order valence-electron chi connectivity index (χ4n) is 4.98. The second kappa shape index (κ2) is 7.54. The molecule has 0 aliphatic carbocycles. The Balaban J connectivity index is 1.40. The molecule has 6 heteroatoms. The van der Waals surface area contributed by atoms with E-state index in [0.717, 1.165) is 41.8 Å². The molecular weight excluding hydrogens is 386 g/mol. The first kappa shape index (κ1) is 18.6. The third-order valence-electron chi connectivity index (χ3n) is 6.79. The van der Waals surface area contributed by atoms with Gasteiger partial charge in [-0.3, -0.25) is 0 Å². The first-order valence-corrected chi connectivity index (χ1v) is 11.2. The lowest BCUT2D eigenvalue weighted by atomic mass is 10.0. The fraction of sp³-hybridized carbons (Fsp3) is 0.360. The molecule has 2 atom stereocenters. The van der Waals surface area contributed by atoms with Crippen LogP contribution >= 0.6 is 0 Å². The van der Waals surface area contributed by atoms with Crippen molar-refractivity contribution >= 4 is 16.7 Å². The van der Waals surface area contributed by atoms with Gasteiger partial charge in [0.15, 0.2) is 0 Å². The van der Waals surface area contributed by atoms with Crippen molar-refractivity contribution in [1.82, 2.24) is 20.2 Å². The topological polar surface area (TPSA) is 53.5 Å². The SMILES string of the molecule is CN1CCC[C@H]1COc1nc(N2CC3CC2=CN3)c2ccc(-c3ccccc3)cc2n1. The highest BCUT2D eigenvalue weighted by Crippen LogP contribution is 2.37. The summed E-state index contributed by atoms with van der Waals surface area (Å²) in [5.74, 6) is 0.953. The van der Waals surface area contributed by atoms with Crippen LogP contribution in [0.4, 0.5) is 5.82 Å². The number of fused-ring (bicyclic) bond motifs is 3. The van der Waals surface area contributed by atoms with E-state index in [1.54, 1.807) is 0 Å². The van der Waals surface area contributed by atoms with Gasteiger partial charge < -0.3 is 19.9 Å². The first-order chi connectivity index (χ1) is 15.2. The summed E-state index contributed by atoms with van der Waals surface area (Å²) in [6.07, 6.45) is 5.57. The zero-order valence-electron chi connectivity index (χ0n) is 17.8. The third-order valence-corrected chi connectivity index (χ3v) is 6.79. The van der Waals surface area contributed by atoms with Crippen LogP contribution in [0.25, 0.3) is 22.0 Å². The van der Waals surface area contributed by atoms with Crippen molar-refractivity contribution in [2.75, 3.05) is 31.6 Å². The van der Waals surface area contributed by atoms with Crippen LogP contribution in [0, 0.1) is 0 Å². The van der Waals surface area contributed by atoms with Crippen molar-refractivity contribution in [3.8, 4) is 17.1 Å². The average molecular weight is 414 g/mol. The smallest absolute Gasteiger partial charge is 0.319 e. The number of anilines is 1. The number of hydrogen-bond donors (Lipinski definition) is 1. The van der Waals surface area contributed by atoms with Crippen LogP contribution in [0.5, 0.6) is 6.01 Å². The van der Waals surface area contributed by atoms with Gasteiger partial charge in [-0.15, -0.1) is 0 Å². The average Bonchev–Trinajstić information content (AvgIpc) is 3.55. The van der Waals surface area contributed by atoms with E-state index in [1.807, 2.05) is 6.07 Å². The number of benzene rings is 2. The molecular formula is C25H27N5O. The Bertz CT molecular complexity index is 1150. The Morgan fingerprint density at radius 3 is 2.74 bits per heavy atom. The number of hydrogen-bond acceptors (Lipinski definition) is 6. The normalized spacial score (nSPS) is 22.7. The molecule has 1 aromatic heterocycles. The molecule has 158 valence electrons. The van der Waals surface area contributed by atoms with Crippen LogP contribution in [0.3, 0.4) is 0 Å². The largest absolute Gasteiger partial charge is 0.462 e. The van der Waals surface area contributed by atoms with Gasteiger partial charge in [0.25, 0.3) is 0 Å². The minimum Gasteiger partial charge on any atom is -0.462 e. The standard InChI is InChI=1S/C25H27N5O/c1-29-11-5-8-20(29)16-31-25-27-23-12-18(17-6-3-2-4-7-17)9-10-22(23)24(28-25)30-15-19-13-21(30)14-26-19/h2-4,6-7,9-10,12,14,19-20,26H,5,8,11,13,15-16H2,1H3/t19?,20-/m0/s1. The maximum absolute atomic E-state index is 6.17. The number of likely N-dealkylation sites (N-methyl/N-ethyl adjacent to an activating group) is 1. The van der Waals surface area contributed by atoms with E-state index in [-0.39, 0.29) is 0 Å². The summed E-state index contributed by atoms with van der Waals surface area (Å²) >= 11 is 0. The molecule has 2 aromatic carbocycles. The molecule has 3 aromatic rings. The molecule has 3 aliphatic heterocycles. The predicted molar refractivity (Wildman–Crippen MR) is 123 cm³/mol. The van der Waals surface area contributed by atoms with Gasteiger partial charge in [-0.1, -0.05) is 36.4 Å². The quantitative estimate of drug-likeness (QED) is 0.687. The second-order valence-electron chi connectivity index (χ2n) is 8.83. The lowest BCUT2D eigenvalue weighted by molar-refractivity contribution is 0.188. The number of rotatable bonds is 5. The monoisotopic (exact) mass is 413 g/mol. The molecule has 6 nitrogen and oxygen atoms in total. The molecule has 31 heavy (non-hydrogen) atoms. The van der Waals surface area contributed by atoms with Crippen molar-refractivity contribution in [3.63, 3.8) is 0 Å². The molecule has 3 aliphatic rings. The molecule has 1 N–H and O–H groups in total. The van der Waals surface area contributed by atoms with E-state index in [9.17, 15) is 0 Å². The molecule has 0 radical (unpaired) electrons. The highest BCUT2D eigenvalue weighted by molar-refractivity contribution is 5.93. The highest BCUT2D eigenvalue weighted by atomic mass is 16.5. The molecule has 2 fully saturated rings. The van der Waals surface area contributed by atoms with Crippen LogP contribution in [0.15, 0.2) is 60.4 Å². The summed E-state index contributed by atoms with van der Waals surface area (Å²) in [6.45, 7) is 2.70. The van der Waals surface area contributed by atoms with Crippen LogP contribution in [0.1, 0.15) is 19.3 Å². The minimum absolute atomic E-state index is 0.438. The van der Waals surface area contributed by atoms with Gasteiger partial charge in [-0.05, 0) is 49.7 Å². The number of likely N-dealkylation sites (tertiary alicyclic amines) is 1. The number of ether oxygens (including phenoxy) is 1. The summed E-state index contributed by atoms with van der Waals surface area (Å²) in [5, 5.41) is 4.50. The molecule has 2 bridgehead atoms. The van der Waals surface area contributed by atoms with E-state index >= 15 is 0 Å². The van der Waals surface area contributed by atoms with E-state index in [0.29, 0.717) is 24.7 Å². The summed E-state index contributed by atoms with van der Waals surface area (Å²) in [5.41, 5.74) is 4.56. The van der Waals surface area contributed by atoms with Crippen molar-refractivity contribution in [2.45, 2.75) is 31.3 Å². The van der Waals surface area contributed by atoms with Crippen molar-refractivity contribution in [3.05, 3.63) is 60.4 Å². The molecule has 4 heterocycles. The van der Waals surface area contributed by atoms with Gasteiger partial charge in [0.1, 0.15) is 12.4 Å². The molecule has 0 amide bonds. The molecule has 2 saturated heterocycles. The van der Waals surface area contributed by atoms with E-state index < -0.39 is 0 Å². The second-order valence-corrected chi connectivity index (χ2v) is 8.83. The van der Waals surface area contributed by atoms with Crippen molar-refractivity contribution in [2.24, 2.45) is 0 Å². The number of nitrogens with zero attached hydrogens (tertiary/aromatic N) is 4. The summed E-state index contributed by atoms with van der Waals surface area (Å²) in [7, 11) is 2.17. The highest BCUT2D eigenvalue weighted by Gasteiger charge is 2.33. The van der Waals surface area contributed by atoms with E-state index in [1.165, 1.54) is 24.1 Å². The van der Waals surface area contributed by atoms with Gasteiger partial charge >= 0.3 is 6.01 Å². The zero-order chi connectivity index (χ0) is 20.8. The summed E-state index contributed by atoms with van der Waals surface area (Å²) < 4.78 is 6.17. The Labute approximate surface area is 182 Å². The van der Waals surface area contributed by atoms with Crippen LogP contribution < -0.4 is 15.0 Å². The van der Waals surface area contributed by atoms with E-state index in [2.05, 4.69) is 70.8 Å². The summed E-state index contributed by atoms with van der Waals surface area (Å²) in [6, 6.07) is 18.3. The van der Waals surface area contributed by atoms with Gasteiger partial charge in [-0.2, -0.15) is 9.97 Å². The zero-order valence-corrected chi connectivity index (χ0v) is 17.8. The molecule has 6 rings (SSSR count). The number of nitrogens with one attached hydrogen (secondary N) is 1. The van der Waals surface area contributed by atoms with Gasteiger partial charge in [0, 0.05) is 42.3 Å². The van der Waals surface area contributed by atoms with Crippen LogP contribution in [-0.2, 0) is 0 Å². The fourth-order valence-corrected chi connectivity index (χ4v) is 4.98. The lowest BCUT2D eigenvalue weighted by Crippen LogP contribution is -2.33. The first-order valence-electron chi connectivity index (χ1n) is 11.2. The molecule has 0 saturated carbocycles. The van der Waals surface area contributed by atoms with E-state index in [4.69, 9.17) is 14.7 Å². The Morgan fingerprint density at radius 2 is 2.00 bits per heavy atom. The molecule has 1 unspecified atom stereocenters. The van der Waals surface area contributed by atoms with Crippen LogP contribution in [0.2, 0.25) is 0 Å². The van der Waals surface area contributed by atoms with Gasteiger partial charge in [-0.25, -0.2) is 0 Å². The predicted octanol–water partition coefficient (Wildman–Crippen LogP) is 3.79. The Kier molecular flexibility index (Phi) is 4.53. The van der Waals surface area contributed by atoms with Gasteiger partial charge in [0.05, 0.1) is 5.52 Å². The third kappa shape index (κ3) is 3.41. The van der Waals surface area contributed by atoms with Crippen LogP contribution in [-0.4, -0.2) is 53.7 Å². The maximum atomic E-state index is 6.17. The molecule has 0 spiro atoms. The summed E-state index contributed by atoms with van der Waals surface area (Å²) in [4.78, 5) is 14.4. The lowest BCUT2D eigenvalue weighted by Gasteiger charge is -2.25. The van der Waals surface area contributed by atoms with Gasteiger partial charge in [0.2, 0.25) is 0 Å². The van der Waals surface area contributed by atoms with Crippen molar-refractivity contribution < 1.29 is 4.74 Å².